The molecule has 0 spiro atoms. The highest BCUT2D eigenvalue weighted by Gasteiger charge is 2.11. The molecule has 3 nitrogen and oxygen atoms in total. The number of halogens is 1. The van der Waals surface area contributed by atoms with E-state index in [9.17, 15) is 9.18 Å². The maximum absolute atomic E-state index is 13.5. The molecule has 112 valence electrons. The van der Waals surface area contributed by atoms with E-state index < -0.39 is 5.82 Å². The van der Waals surface area contributed by atoms with Crippen LogP contribution in [0, 0.1) is 11.7 Å². The number of nitrogens with two attached hydrogens (primary N) is 1. The molecule has 0 saturated heterocycles. The van der Waals surface area contributed by atoms with Crippen LogP contribution in [0.25, 0.3) is 0 Å². The van der Waals surface area contributed by atoms with Crippen LogP contribution in [0.1, 0.15) is 38.2 Å². The monoisotopic (exact) mass is 281 g/mol. The van der Waals surface area contributed by atoms with Crippen LogP contribution >= 0.6 is 0 Å². The highest BCUT2D eigenvalue weighted by molar-refractivity contribution is 5.80. The SMILES string of the molecule is CCC(CCN)CCC(=O)Cc1ccc(OC)c(F)c1. The number of carbonyl (C=O) groups is 1. The maximum atomic E-state index is 13.5. The fourth-order valence-corrected chi connectivity index (χ4v) is 2.29. The van der Waals surface area contributed by atoms with Gasteiger partial charge in [-0.25, -0.2) is 4.39 Å². The number of ketones is 1. The summed E-state index contributed by atoms with van der Waals surface area (Å²) >= 11 is 0. The predicted octanol–water partition coefficient (Wildman–Crippen LogP) is 3.10. The average molecular weight is 281 g/mol. The Bertz CT molecular complexity index is 434. The molecule has 0 amide bonds. The second kappa shape index (κ2) is 8.69. The van der Waals surface area contributed by atoms with E-state index >= 15 is 0 Å². The van der Waals surface area contributed by atoms with E-state index in [1.807, 2.05) is 0 Å². The number of methoxy groups -OCH3 is 1. The van der Waals surface area contributed by atoms with Gasteiger partial charge in [-0.3, -0.25) is 4.79 Å². The molecule has 0 saturated carbocycles. The highest BCUT2D eigenvalue weighted by atomic mass is 19.1. The normalized spacial score (nSPS) is 12.2. The number of benzene rings is 1. The summed E-state index contributed by atoms with van der Waals surface area (Å²) in [4.78, 5) is 11.9. The zero-order chi connectivity index (χ0) is 15.0. The summed E-state index contributed by atoms with van der Waals surface area (Å²) in [6, 6.07) is 4.66. The molecule has 0 heterocycles. The molecule has 0 aliphatic rings. The number of ether oxygens (including phenoxy) is 1. The Kier molecular flexibility index (Phi) is 7.23. The number of carbonyl (C=O) groups excluding carboxylic acids is 1. The minimum Gasteiger partial charge on any atom is -0.494 e. The molecule has 1 rings (SSSR count). The molecule has 4 heteroatoms. The lowest BCUT2D eigenvalue weighted by atomic mass is 9.94. The van der Waals surface area contributed by atoms with E-state index in [-0.39, 0.29) is 18.0 Å². The molecule has 20 heavy (non-hydrogen) atoms. The van der Waals surface area contributed by atoms with Gasteiger partial charge >= 0.3 is 0 Å². The Morgan fingerprint density at radius 3 is 2.70 bits per heavy atom. The molecule has 0 aliphatic carbocycles. The number of hydrogen-bond acceptors (Lipinski definition) is 3. The van der Waals surface area contributed by atoms with Crippen molar-refractivity contribution in [1.29, 1.82) is 0 Å². The second-order valence-electron chi connectivity index (χ2n) is 5.07. The quantitative estimate of drug-likeness (QED) is 0.756. The molecule has 1 aromatic rings. The van der Waals surface area contributed by atoms with Gasteiger partial charge in [0.25, 0.3) is 0 Å². The van der Waals surface area contributed by atoms with Gasteiger partial charge in [-0.05, 0) is 43.0 Å². The Hall–Kier alpha value is -1.42. The van der Waals surface area contributed by atoms with Crippen molar-refractivity contribution in [3.63, 3.8) is 0 Å². The van der Waals surface area contributed by atoms with Crippen molar-refractivity contribution in [2.45, 2.75) is 39.0 Å². The van der Waals surface area contributed by atoms with Gasteiger partial charge in [0.05, 0.1) is 7.11 Å². The van der Waals surface area contributed by atoms with Crippen molar-refractivity contribution in [2.24, 2.45) is 11.7 Å². The first-order valence-electron chi connectivity index (χ1n) is 7.14. The van der Waals surface area contributed by atoms with E-state index in [0.717, 1.165) is 19.3 Å². The van der Waals surface area contributed by atoms with Crippen LogP contribution in [0.2, 0.25) is 0 Å². The smallest absolute Gasteiger partial charge is 0.165 e. The van der Waals surface area contributed by atoms with E-state index in [1.165, 1.54) is 13.2 Å². The summed E-state index contributed by atoms with van der Waals surface area (Å²) in [7, 11) is 1.42. The van der Waals surface area contributed by atoms with E-state index in [2.05, 4.69) is 6.92 Å². The molecule has 1 aromatic carbocycles. The van der Waals surface area contributed by atoms with Crippen LogP contribution in [0.4, 0.5) is 4.39 Å². The fourth-order valence-electron chi connectivity index (χ4n) is 2.29. The summed E-state index contributed by atoms with van der Waals surface area (Å²) in [6.07, 6.45) is 3.68. The molecule has 1 atom stereocenters. The largest absolute Gasteiger partial charge is 0.494 e. The van der Waals surface area contributed by atoms with Crippen LogP contribution in [0.5, 0.6) is 5.75 Å². The number of rotatable bonds is 9. The van der Waals surface area contributed by atoms with Crippen molar-refractivity contribution >= 4 is 5.78 Å². The first kappa shape index (κ1) is 16.6. The van der Waals surface area contributed by atoms with Crippen molar-refractivity contribution < 1.29 is 13.9 Å². The van der Waals surface area contributed by atoms with Gasteiger partial charge in [0.1, 0.15) is 5.78 Å². The van der Waals surface area contributed by atoms with Crippen molar-refractivity contribution in [1.82, 2.24) is 0 Å². The second-order valence-corrected chi connectivity index (χ2v) is 5.07. The molecule has 1 unspecified atom stereocenters. The number of hydrogen-bond donors (Lipinski definition) is 1. The van der Waals surface area contributed by atoms with Crippen LogP contribution in [0.3, 0.4) is 0 Å². The Morgan fingerprint density at radius 1 is 1.40 bits per heavy atom. The van der Waals surface area contributed by atoms with Crippen LogP contribution in [-0.4, -0.2) is 19.4 Å². The molecule has 0 bridgehead atoms. The van der Waals surface area contributed by atoms with E-state index in [4.69, 9.17) is 10.5 Å². The van der Waals surface area contributed by atoms with Gasteiger partial charge in [-0.15, -0.1) is 0 Å². The van der Waals surface area contributed by atoms with Gasteiger partial charge in [-0.2, -0.15) is 0 Å². The lowest BCUT2D eigenvalue weighted by Gasteiger charge is -2.12. The molecule has 2 N–H and O–H groups in total. The lowest BCUT2D eigenvalue weighted by Crippen LogP contribution is -2.11. The number of Topliss-reactive ketones (excluding diaryl/α,β-unsaturated/α-hetero) is 1. The van der Waals surface area contributed by atoms with Gasteiger partial charge in [-0.1, -0.05) is 19.4 Å². The van der Waals surface area contributed by atoms with E-state index in [1.54, 1.807) is 12.1 Å². The maximum Gasteiger partial charge on any atom is 0.165 e. The zero-order valence-corrected chi connectivity index (χ0v) is 12.3. The van der Waals surface area contributed by atoms with Crippen molar-refractivity contribution in [2.75, 3.05) is 13.7 Å². The van der Waals surface area contributed by atoms with Crippen LogP contribution in [0.15, 0.2) is 18.2 Å². The molecular formula is C16H24FNO2. The fraction of sp³-hybridized carbons (Fsp3) is 0.562. The summed E-state index contributed by atoms with van der Waals surface area (Å²) < 4.78 is 18.4. The summed E-state index contributed by atoms with van der Waals surface area (Å²) in [5, 5.41) is 0. The van der Waals surface area contributed by atoms with Gasteiger partial charge in [0, 0.05) is 12.8 Å². The summed E-state index contributed by atoms with van der Waals surface area (Å²) in [5.74, 6) is 0.434. The van der Waals surface area contributed by atoms with Gasteiger partial charge < -0.3 is 10.5 Å². The standard InChI is InChI=1S/C16H24FNO2/c1-3-12(8-9-18)4-6-14(19)10-13-5-7-16(20-2)15(17)11-13/h5,7,11-12H,3-4,6,8-10,18H2,1-2H3. The molecule has 0 aliphatic heterocycles. The zero-order valence-electron chi connectivity index (χ0n) is 12.3. The summed E-state index contributed by atoms with van der Waals surface area (Å²) in [6.45, 7) is 2.78. The molecule has 0 radical (unpaired) electrons. The molecular weight excluding hydrogens is 257 g/mol. The third-order valence-corrected chi connectivity index (χ3v) is 3.60. The predicted molar refractivity (Wildman–Crippen MR) is 78.3 cm³/mol. The van der Waals surface area contributed by atoms with Crippen LogP contribution in [-0.2, 0) is 11.2 Å². The molecule has 0 aromatic heterocycles. The third-order valence-electron chi connectivity index (χ3n) is 3.60. The molecule has 0 fully saturated rings. The van der Waals surface area contributed by atoms with Gasteiger partial charge in [0.15, 0.2) is 11.6 Å². The van der Waals surface area contributed by atoms with Gasteiger partial charge in [0.2, 0.25) is 0 Å². The Balaban J connectivity index is 2.48. The minimum absolute atomic E-state index is 0.144. The van der Waals surface area contributed by atoms with Crippen molar-refractivity contribution in [3.8, 4) is 5.75 Å². The lowest BCUT2D eigenvalue weighted by molar-refractivity contribution is -0.118. The first-order chi connectivity index (χ1) is 9.60. The first-order valence-corrected chi connectivity index (χ1v) is 7.14. The average Bonchev–Trinajstić information content (AvgIpc) is 2.43. The van der Waals surface area contributed by atoms with Crippen molar-refractivity contribution in [3.05, 3.63) is 29.6 Å². The third kappa shape index (κ3) is 5.29. The minimum atomic E-state index is -0.424. The van der Waals surface area contributed by atoms with Crippen LogP contribution < -0.4 is 10.5 Å². The topological polar surface area (TPSA) is 52.3 Å². The Labute approximate surface area is 120 Å². The highest BCUT2D eigenvalue weighted by Crippen LogP contribution is 2.19. The summed E-state index contributed by atoms with van der Waals surface area (Å²) in [5.41, 5.74) is 6.24. The Morgan fingerprint density at radius 2 is 2.15 bits per heavy atom. The van der Waals surface area contributed by atoms with E-state index in [0.29, 0.717) is 24.4 Å².